The number of H-pyrrole nitrogens is 1. The Labute approximate surface area is 115 Å². The number of rotatable bonds is 2. The highest BCUT2D eigenvalue weighted by Gasteiger charge is 2.03. The van der Waals surface area contributed by atoms with Crippen molar-refractivity contribution in [2.45, 2.75) is 0 Å². The zero-order valence-electron chi connectivity index (χ0n) is 10.4. The summed E-state index contributed by atoms with van der Waals surface area (Å²) in [6.45, 7) is 0. The molecule has 3 nitrogen and oxygen atoms in total. The minimum Gasteiger partial charge on any atom is -0.497 e. The number of fused-ring (bicyclic) bond motifs is 1. The molecule has 0 saturated heterocycles. The van der Waals surface area contributed by atoms with Crippen LogP contribution in [-0.4, -0.2) is 17.1 Å². The summed E-state index contributed by atoms with van der Waals surface area (Å²) in [5, 5.41) is 0.967. The quantitative estimate of drug-likeness (QED) is 0.715. The average Bonchev–Trinajstić information content (AvgIpc) is 2.47. The number of aromatic nitrogens is 2. The van der Waals surface area contributed by atoms with Crippen LogP contribution in [0, 0.1) is 4.64 Å². The van der Waals surface area contributed by atoms with Crippen LogP contribution in [0.5, 0.6) is 5.75 Å². The van der Waals surface area contributed by atoms with Gasteiger partial charge in [0.2, 0.25) is 0 Å². The smallest absolute Gasteiger partial charge is 0.139 e. The van der Waals surface area contributed by atoms with Crippen molar-refractivity contribution in [3.8, 4) is 17.1 Å². The third-order valence-corrected chi connectivity index (χ3v) is 3.30. The van der Waals surface area contributed by atoms with E-state index in [4.69, 9.17) is 17.0 Å². The van der Waals surface area contributed by atoms with Crippen LogP contribution in [0.15, 0.2) is 48.5 Å². The van der Waals surface area contributed by atoms with E-state index >= 15 is 0 Å². The first-order valence-electron chi connectivity index (χ1n) is 5.91. The van der Waals surface area contributed by atoms with Crippen molar-refractivity contribution in [3.63, 3.8) is 0 Å². The first-order valence-corrected chi connectivity index (χ1v) is 6.32. The van der Waals surface area contributed by atoms with Crippen LogP contribution in [0.3, 0.4) is 0 Å². The summed E-state index contributed by atoms with van der Waals surface area (Å²) in [7, 11) is 1.65. The van der Waals surface area contributed by atoms with Crippen molar-refractivity contribution in [2.24, 2.45) is 0 Å². The third kappa shape index (κ3) is 2.22. The Hall–Kier alpha value is -2.20. The predicted molar refractivity (Wildman–Crippen MR) is 78.9 cm³/mol. The van der Waals surface area contributed by atoms with E-state index in [1.807, 2.05) is 48.5 Å². The molecule has 0 saturated carbocycles. The summed E-state index contributed by atoms with van der Waals surface area (Å²) in [6, 6.07) is 15.6. The highest BCUT2D eigenvalue weighted by Crippen LogP contribution is 2.21. The molecule has 0 amide bonds. The Balaban J connectivity index is 2.16. The van der Waals surface area contributed by atoms with E-state index in [9.17, 15) is 0 Å². The molecule has 0 unspecified atom stereocenters. The summed E-state index contributed by atoms with van der Waals surface area (Å²) in [6.07, 6.45) is 0. The van der Waals surface area contributed by atoms with Crippen LogP contribution < -0.4 is 4.74 Å². The second-order valence-electron chi connectivity index (χ2n) is 4.16. The van der Waals surface area contributed by atoms with Crippen LogP contribution in [0.1, 0.15) is 0 Å². The lowest BCUT2D eigenvalue weighted by atomic mass is 10.2. The number of hydrogen-bond acceptors (Lipinski definition) is 3. The Kier molecular flexibility index (Phi) is 3.01. The van der Waals surface area contributed by atoms with Gasteiger partial charge >= 0.3 is 0 Å². The van der Waals surface area contributed by atoms with Crippen LogP contribution >= 0.6 is 12.2 Å². The predicted octanol–water partition coefficient (Wildman–Crippen LogP) is 3.97. The minimum absolute atomic E-state index is 0.611. The number of para-hydroxylation sites is 1. The second kappa shape index (κ2) is 4.82. The monoisotopic (exact) mass is 268 g/mol. The molecule has 1 aromatic heterocycles. The Morgan fingerprint density at radius 2 is 1.79 bits per heavy atom. The molecular weight excluding hydrogens is 256 g/mol. The maximum atomic E-state index is 5.33. The molecule has 0 aliphatic heterocycles. The first kappa shape index (κ1) is 11.9. The summed E-state index contributed by atoms with van der Waals surface area (Å²) in [5.74, 6) is 1.59. The normalized spacial score (nSPS) is 10.6. The number of nitrogens with one attached hydrogen (secondary N) is 1. The minimum atomic E-state index is 0.611. The number of ether oxygens (including phenoxy) is 1. The molecule has 1 N–H and O–H groups in total. The summed E-state index contributed by atoms with van der Waals surface area (Å²) >= 11 is 5.33. The van der Waals surface area contributed by atoms with E-state index in [-0.39, 0.29) is 0 Å². The van der Waals surface area contributed by atoms with Crippen molar-refractivity contribution in [2.75, 3.05) is 7.11 Å². The SMILES string of the molecule is COc1ccc(-c2nc(=S)c3ccccc3[nH]2)cc1. The van der Waals surface area contributed by atoms with Crippen molar-refractivity contribution in [3.05, 3.63) is 53.2 Å². The van der Waals surface area contributed by atoms with Crippen LogP contribution in [0.25, 0.3) is 22.3 Å². The zero-order chi connectivity index (χ0) is 13.2. The largest absolute Gasteiger partial charge is 0.497 e. The zero-order valence-corrected chi connectivity index (χ0v) is 11.2. The molecule has 94 valence electrons. The molecule has 0 radical (unpaired) electrons. The number of aromatic amines is 1. The molecule has 3 aromatic rings. The van der Waals surface area contributed by atoms with E-state index in [1.165, 1.54) is 0 Å². The first-order chi connectivity index (χ1) is 9.28. The second-order valence-corrected chi connectivity index (χ2v) is 4.55. The Morgan fingerprint density at radius 3 is 2.53 bits per heavy atom. The molecule has 3 rings (SSSR count). The van der Waals surface area contributed by atoms with Gasteiger partial charge in [0.25, 0.3) is 0 Å². The number of nitrogens with zero attached hydrogens (tertiary/aromatic N) is 1. The molecule has 1 heterocycles. The maximum absolute atomic E-state index is 5.33. The topological polar surface area (TPSA) is 37.9 Å². The molecule has 0 aliphatic rings. The van der Waals surface area contributed by atoms with Crippen molar-refractivity contribution < 1.29 is 4.74 Å². The van der Waals surface area contributed by atoms with Gasteiger partial charge in [-0.05, 0) is 36.4 Å². The molecular formula is C15H12N2OS. The average molecular weight is 268 g/mol. The number of hydrogen-bond donors (Lipinski definition) is 1. The third-order valence-electron chi connectivity index (χ3n) is 2.99. The van der Waals surface area contributed by atoms with Gasteiger partial charge in [-0.2, -0.15) is 0 Å². The van der Waals surface area contributed by atoms with Crippen LogP contribution in [0.4, 0.5) is 0 Å². The number of benzene rings is 2. The van der Waals surface area contributed by atoms with E-state index in [0.29, 0.717) is 4.64 Å². The van der Waals surface area contributed by atoms with Gasteiger partial charge in [-0.1, -0.05) is 24.4 Å². The lowest BCUT2D eigenvalue weighted by Crippen LogP contribution is -1.91. The van der Waals surface area contributed by atoms with Gasteiger partial charge in [0, 0.05) is 16.5 Å². The van der Waals surface area contributed by atoms with Gasteiger partial charge in [-0.3, -0.25) is 0 Å². The Bertz CT molecular complexity index is 778. The fourth-order valence-electron chi connectivity index (χ4n) is 1.98. The van der Waals surface area contributed by atoms with E-state index in [1.54, 1.807) is 7.11 Å². The van der Waals surface area contributed by atoms with Gasteiger partial charge in [0.15, 0.2) is 0 Å². The standard InChI is InChI=1S/C15H12N2OS/c1-18-11-8-6-10(7-9-11)14-16-13-5-3-2-4-12(13)15(19)17-14/h2-9H,1H3,(H,16,17,19). The van der Waals surface area contributed by atoms with Gasteiger partial charge in [-0.25, -0.2) is 4.98 Å². The van der Waals surface area contributed by atoms with Crippen LogP contribution in [0.2, 0.25) is 0 Å². The molecule has 0 atom stereocenters. The van der Waals surface area contributed by atoms with Crippen LogP contribution in [-0.2, 0) is 0 Å². The molecule has 0 bridgehead atoms. The lowest BCUT2D eigenvalue weighted by Gasteiger charge is -2.05. The van der Waals surface area contributed by atoms with Gasteiger partial charge in [0.1, 0.15) is 16.2 Å². The molecule has 2 aromatic carbocycles. The highest BCUT2D eigenvalue weighted by atomic mass is 32.1. The molecule has 0 fully saturated rings. The fourth-order valence-corrected chi connectivity index (χ4v) is 2.25. The fraction of sp³-hybridized carbons (Fsp3) is 0.0667. The van der Waals surface area contributed by atoms with Gasteiger partial charge in [-0.15, -0.1) is 0 Å². The number of methoxy groups -OCH3 is 1. The van der Waals surface area contributed by atoms with E-state index in [0.717, 1.165) is 28.0 Å². The van der Waals surface area contributed by atoms with Crippen molar-refractivity contribution >= 4 is 23.1 Å². The van der Waals surface area contributed by atoms with Gasteiger partial charge < -0.3 is 9.72 Å². The molecule has 0 spiro atoms. The maximum Gasteiger partial charge on any atom is 0.139 e. The molecule has 4 heteroatoms. The highest BCUT2D eigenvalue weighted by molar-refractivity contribution is 7.71. The summed E-state index contributed by atoms with van der Waals surface area (Å²) in [5.41, 5.74) is 1.98. The lowest BCUT2D eigenvalue weighted by molar-refractivity contribution is 0.415. The van der Waals surface area contributed by atoms with Crippen molar-refractivity contribution in [1.82, 2.24) is 9.97 Å². The summed E-state index contributed by atoms with van der Waals surface area (Å²) < 4.78 is 5.76. The van der Waals surface area contributed by atoms with E-state index < -0.39 is 0 Å². The van der Waals surface area contributed by atoms with E-state index in [2.05, 4.69) is 9.97 Å². The van der Waals surface area contributed by atoms with Crippen molar-refractivity contribution in [1.29, 1.82) is 0 Å². The summed E-state index contributed by atoms with van der Waals surface area (Å²) in [4.78, 5) is 7.75. The Morgan fingerprint density at radius 1 is 1.05 bits per heavy atom. The van der Waals surface area contributed by atoms with Gasteiger partial charge in [0.05, 0.1) is 7.11 Å². The molecule has 0 aliphatic carbocycles. The molecule has 19 heavy (non-hydrogen) atoms.